The van der Waals surface area contributed by atoms with Gasteiger partial charge in [-0.3, -0.25) is 4.68 Å². The molecule has 2 rings (SSSR count). The Labute approximate surface area is 112 Å². The molecule has 3 N–H and O–H groups in total. The summed E-state index contributed by atoms with van der Waals surface area (Å²) in [7, 11) is -1.79. The minimum atomic E-state index is -3.65. The van der Waals surface area contributed by atoms with Crippen LogP contribution in [-0.2, 0) is 23.5 Å². The predicted molar refractivity (Wildman–Crippen MR) is 73.7 cm³/mol. The van der Waals surface area contributed by atoms with E-state index in [1.165, 1.54) is 12.1 Å². The molecule has 0 unspecified atom stereocenters. The number of nitrogens with zero attached hydrogens (tertiary/aromatic N) is 2. The Morgan fingerprint density at radius 2 is 1.95 bits per heavy atom. The molecule has 0 bridgehead atoms. The number of aromatic nitrogens is 2. The van der Waals surface area contributed by atoms with Crippen molar-refractivity contribution in [2.45, 2.75) is 18.2 Å². The molecule has 0 amide bonds. The van der Waals surface area contributed by atoms with Crippen molar-refractivity contribution in [3.8, 4) is 0 Å². The number of primary sulfonamides is 1. The van der Waals surface area contributed by atoms with Gasteiger partial charge in [-0.1, -0.05) is 6.92 Å². The molecule has 1 aromatic carbocycles. The van der Waals surface area contributed by atoms with Gasteiger partial charge in [-0.05, 0) is 30.7 Å². The molecule has 0 spiro atoms. The van der Waals surface area contributed by atoms with Gasteiger partial charge in [-0.2, -0.15) is 5.10 Å². The van der Waals surface area contributed by atoms with Gasteiger partial charge in [-0.15, -0.1) is 0 Å². The molecule has 1 heterocycles. The maximum Gasteiger partial charge on any atom is 0.238 e. The van der Waals surface area contributed by atoms with Gasteiger partial charge in [-0.25, -0.2) is 13.6 Å². The monoisotopic (exact) mass is 280 g/mol. The van der Waals surface area contributed by atoms with E-state index in [1.807, 2.05) is 20.2 Å². The number of aryl methyl sites for hydroxylation is 2. The second-order valence-corrected chi connectivity index (χ2v) is 5.77. The molecule has 102 valence electrons. The fraction of sp³-hybridized carbons (Fsp3) is 0.250. The second kappa shape index (κ2) is 5.02. The van der Waals surface area contributed by atoms with Gasteiger partial charge in [0.25, 0.3) is 0 Å². The summed E-state index contributed by atoms with van der Waals surface area (Å²) in [5.74, 6) is 0. The summed E-state index contributed by atoms with van der Waals surface area (Å²) in [6.07, 6.45) is 2.70. The molecule has 0 aliphatic heterocycles. The van der Waals surface area contributed by atoms with Crippen LogP contribution in [0.1, 0.15) is 12.6 Å². The van der Waals surface area contributed by atoms with Crippen molar-refractivity contribution < 1.29 is 8.42 Å². The summed E-state index contributed by atoms with van der Waals surface area (Å²) in [6, 6.07) is 6.29. The average Bonchev–Trinajstić information content (AvgIpc) is 2.69. The molecule has 0 aliphatic carbocycles. The lowest BCUT2D eigenvalue weighted by Gasteiger charge is -2.06. The lowest BCUT2D eigenvalue weighted by atomic mass is 10.2. The van der Waals surface area contributed by atoms with Crippen molar-refractivity contribution >= 4 is 21.4 Å². The van der Waals surface area contributed by atoms with Crippen molar-refractivity contribution in [1.82, 2.24) is 9.78 Å². The van der Waals surface area contributed by atoms with Crippen molar-refractivity contribution in [2.24, 2.45) is 12.2 Å². The highest BCUT2D eigenvalue weighted by atomic mass is 32.2. The van der Waals surface area contributed by atoms with E-state index in [9.17, 15) is 8.42 Å². The van der Waals surface area contributed by atoms with Crippen LogP contribution in [0.4, 0.5) is 11.4 Å². The van der Waals surface area contributed by atoms with Crippen molar-refractivity contribution in [3.63, 3.8) is 0 Å². The summed E-state index contributed by atoms with van der Waals surface area (Å²) >= 11 is 0. The van der Waals surface area contributed by atoms with Crippen LogP contribution in [0.25, 0.3) is 0 Å². The number of nitrogens with two attached hydrogens (primary N) is 1. The first kappa shape index (κ1) is 13.6. The van der Waals surface area contributed by atoms with Gasteiger partial charge in [0, 0.05) is 18.9 Å². The summed E-state index contributed by atoms with van der Waals surface area (Å²) in [5, 5.41) is 12.6. The highest BCUT2D eigenvalue weighted by Crippen LogP contribution is 2.21. The number of rotatable bonds is 4. The van der Waals surface area contributed by atoms with Crippen molar-refractivity contribution in [3.05, 3.63) is 36.2 Å². The Bertz CT molecular complexity index is 674. The van der Waals surface area contributed by atoms with E-state index in [0.29, 0.717) is 0 Å². The van der Waals surface area contributed by atoms with Gasteiger partial charge in [0.05, 0.1) is 16.3 Å². The zero-order chi connectivity index (χ0) is 14.0. The van der Waals surface area contributed by atoms with E-state index in [0.717, 1.165) is 23.5 Å². The Morgan fingerprint density at radius 3 is 2.47 bits per heavy atom. The topological polar surface area (TPSA) is 90.0 Å². The molecule has 0 saturated heterocycles. The minimum absolute atomic E-state index is 0.0972. The number of nitrogens with one attached hydrogen (secondary N) is 1. The maximum absolute atomic E-state index is 11.2. The first-order valence-electron chi connectivity index (χ1n) is 5.82. The van der Waals surface area contributed by atoms with E-state index < -0.39 is 10.0 Å². The zero-order valence-electron chi connectivity index (χ0n) is 10.8. The van der Waals surface area contributed by atoms with Crippen LogP contribution in [0.3, 0.4) is 0 Å². The summed E-state index contributed by atoms with van der Waals surface area (Å²) < 4.78 is 24.0. The number of anilines is 2. The van der Waals surface area contributed by atoms with E-state index in [2.05, 4.69) is 10.4 Å². The Hall–Kier alpha value is -1.86. The quantitative estimate of drug-likeness (QED) is 0.885. The maximum atomic E-state index is 11.2. The fourth-order valence-corrected chi connectivity index (χ4v) is 2.30. The molecule has 19 heavy (non-hydrogen) atoms. The lowest BCUT2D eigenvalue weighted by molar-refractivity contribution is 0.598. The van der Waals surface area contributed by atoms with Crippen LogP contribution >= 0.6 is 0 Å². The van der Waals surface area contributed by atoms with Crippen molar-refractivity contribution in [1.29, 1.82) is 0 Å². The Balaban J connectivity index is 2.24. The van der Waals surface area contributed by atoms with E-state index in [1.54, 1.807) is 16.8 Å². The van der Waals surface area contributed by atoms with Crippen LogP contribution in [0.2, 0.25) is 0 Å². The highest BCUT2D eigenvalue weighted by Gasteiger charge is 2.08. The zero-order valence-corrected chi connectivity index (χ0v) is 11.6. The van der Waals surface area contributed by atoms with Gasteiger partial charge < -0.3 is 5.32 Å². The third kappa shape index (κ3) is 3.12. The van der Waals surface area contributed by atoms with Gasteiger partial charge in [0.15, 0.2) is 0 Å². The Morgan fingerprint density at radius 1 is 1.32 bits per heavy atom. The number of benzene rings is 1. The van der Waals surface area contributed by atoms with Crippen LogP contribution in [0, 0.1) is 0 Å². The normalized spacial score (nSPS) is 11.5. The van der Waals surface area contributed by atoms with Gasteiger partial charge >= 0.3 is 0 Å². The minimum Gasteiger partial charge on any atom is -0.353 e. The SMILES string of the molecule is CCc1nn(C)cc1Nc1ccc(S(N)(=O)=O)cc1. The lowest BCUT2D eigenvalue weighted by Crippen LogP contribution is -2.11. The van der Waals surface area contributed by atoms with Crippen LogP contribution < -0.4 is 10.5 Å². The summed E-state index contributed by atoms with van der Waals surface area (Å²) in [5.41, 5.74) is 2.65. The van der Waals surface area contributed by atoms with Crippen LogP contribution in [0.15, 0.2) is 35.4 Å². The van der Waals surface area contributed by atoms with E-state index in [4.69, 9.17) is 5.14 Å². The second-order valence-electron chi connectivity index (χ2n) is 4.21. The molecule has 1 aromatic heterocycles. The molecule has 0 aliphatic rings. The van der Waals surface area contributed by atoms with Crippen LogP contribution in [-0.4, -0.2) is 18.2 Å². The van der Waals surface area contributed by atoms with E-state index >= 15 is 0 Å². The number of hydrogen-bond donors (Lipinski definition) is 2. The number of sulfonamides is 1. The predicted octanol–water partition coefficient (Wildman–Crippen LogP) is 1.37. The molecular formula is C12H16N4O2S. The van der Waals surface area contributed by atoms with E-state index in [-0.39, 0.29) is 4.90 Å². The summed E-state index contributed by atoms with van der Waals surface area (Å²) in [4.78, 5) is 0.0972. The molecule has 0 saturated carbocycles. The number of hydrogen-bond acceptors (Lipinski definition) is 4. The largest absolute Gasteiger partial charge is 0.353 e. The van der Waals surface area contributed by atoms with Gasteiger partial charge in [0.1, 0.15) is 0 Å². The third-order valence-corrected chi connectivity index (χ3v) is 3.63. The molecule has 0 fully saturated rings. The fourth-order valence-electron chi connectivity index (χ4n) is 1.78. The van der Waals surface area contributed by atoms with Crippen molar-refractivity contribution in [2.75, 3.05) is 5.32 Å². The molecule has 6 nitrogen and oxygen atoms in total. The summed E-state index contributed by atoms with van der Waals surface area (Å²) in [6.45, 7) is 2.03. The first-order valence-corrected chi connectivity index (χ1v) is 7.37. The molecule has 0 atom stereocenters. The average molecular weight is 280 g/mol. The standard InChI is InChI=1S/C12H16N4O2S/c1-3-11-12(8-16(2)15-11)14-9-4-6-10(7-5-9)19(13,17)18/h4-8,14H,3H2,1-2H3,(H2,13,17,18). The smallest absolute Gasteiger partial charge is 0.238 e. The highest BCUT2D eigenvalue weighted by molar-refractivity contribution is 7.89. The molecule has 0 radical (unpaired) electrons. The third-order valence-electron chi connectivity index (χ3n) is 2.70. The molecule has 2 aromatic rings. The van der Waals surface area contributed by atoms with Crippen LogP contribution in [0.5, 0.6) is 0 Å². The molecular weight excluding hydrogens is 264 g/mol. The first-order chi connectivity index (χ1) is 8.90. The van der Waals surface area contributed by atoms with Gasteiger partial charge in [0.2, 0.25) is 10.0 Å². The Kier molecular flexibility index (Phi) is 3.59. The molecule has 7 heteroatoms.